The maximum atomic E-state index is 13.2. The molecule has 7 nitrogen and oxygen atoms in total. The van der Waals surface area contributed by atoms with Crippen LogP contribution in [0.1, 0.15) is 38.6 Å². The molecule has 1 aromatic carbocycles. The predicted octanol–water partition coefficient (Wildman–Crippen LogP) is 2.81. The molecular formula is C21H28N2O5S. The standard InChI is InChI=1S/C21H28N2O5S/c1-14-10-15(2)20(16(3)11-14)29(25,26)23-8-6-22(7-9-23)13-18-12-19(17(4)28-18)21(24)27-5/h10-12H,6-9,13H2,1-5H3. The van der Waals surface area contributed by atoms with Crippen LogP contribution in [-0.2, 0) is 21.3 Å². The van der Waals surface area contributed by atoms with Crippen molar-refractivity contribution in [2.45, 2.75) is 39.1 Å². The van der Waals surface area contributed by atoms with Gasteiger partial charge in [0.2, 0.25) is 10.0 Å². The second-order valence-corrected chi connectivity index (χ2v) is 9.46. The Labute approximate surface area is 172 Å². The SMILES string of the molecule is COC(=O)c1cc(CN2CCN(S(=O)(=O)c3c(C)cc(C)cc3C)CC2)oc1C. The lowest BCUT2D eigenvalue weighted by Gasteiger charge is -2.34. The van der Waals surface area contributed by atoms with Crippen molar-refractivity contribution < 1.29 is 22.4 Å². The Kier molecular flexibility index (Phi) is 6.16. The van der Waals surface area contributed by atoms with Crippen LogP contribution in [0.5, 0.6) is 0 Å². The molecule has 0 amide bonds. The fourth-order valence-corrected chi connectivity index (χ4v) is 5.82. The van der Waals surface area contributed by atoms with E-state index in [1.54, 1.807) is 17.3 Å². The van der Waals surface area contributed by atoms with Crippen molar-refractivity contribution in [2.24, 2.45) is 0 Å². The third kappa shape index (κ3) is 4.39. The number of hydrogen-bond donors (Lipinski definition) is 0. The number of nitrogens with zero attached hydrogens (tertiary/aromatic N) is 2. The predicted molar refractivity (Wildman–Crippen MR) is 109 cm³/mol. The maximum absolute atomic E-state index is 13.2. The fourth-order valence-electron chi connectivity index (χ4n) is 3.99. The first-order valence-electron chi connectivity index (χ1n) is 9.61. The van der Waals surface area contributed by atoms with Crippen LogP contribution in [0.15, 0.2) is 27.5 Å². The minimum absolute atomic E-state index is 0.415. The summed E-state index contributed by atoms with van der Waals surface area (Å²) in [6, 6.07) is 5.52. The van der Waals surface area contributed by atoms with Crippen molar-refractivity contribution in [1.29, 1.82) is 0 Å². The molecule has 1 aromatic heterocycles. The number of methoxy groups -OCH3 is 1. The van der Waals surface area contributed by atoms with Gasteiger partial charge in [-0.05, 0) is 44.9 Å². The van der Waals surface area contributed by atoms with E-state index in [0.717, 1.165) is 16.7 Å². The van der Waals surface area contributed by atoms with Gasteiger partial charge in [-0.3, -0.25) is 4.90 Å². The number of aryl methyl sites for hydroxylation is 4. The molecule has 0 saturated carbocycles. The molecule has 0 atom stereocenters. The first-order chi connectivity index (χ1) is 13.6. The van der Waals surface area contributed by atoms with Crippen LogP contribution in [0.25, 0.3) is 0 Å². The van der Waals surface area contributed by atoms with Gasteiger partial charge in [-0.1, -0.05) is 17.7 Å². The van der Waals surface area contributed by atoms with Gasteiger partial charge < -0.3 is 9.15 Å². The summed E-state index contributed by atoms with van der Waals surface area (Å²) in [6.07, 6.45) is 0. The lowest BCUT2D eigenvalue weighted by Crippen LogP contribution is -2.48. The molecule has 29 heavy (non-hydrogen) atoms. The highest BCUT2D eigenvalue weighted by molar-refractivity contribution is 7.89. The number of ether oxygens (including phenoxy) is 1. The van der Waals surface area contributed by atoms with E-state index in [1.165, 1.54) is 7.11 Å². The highest BCUT2D eigenvalue weighted by atomic mass is 32.2. The molecule has 1 aliphatic rings. The molecule has 0 bridgehead atoms. The van der Waals surface area contributed by atoms with Crippen LogP contribution < -0.4 is 0 Å². The van der Waals surface area contributed by atoms with E-state index in [1.807, 2.05) is 32.9 Å². The average Bonchev–Trinajstić information content (AvgIpc) is 3.00. The van der Waals surface area contributed by atoms with E-state index in [-0.39, 0.29) is 0 Å². The van der Waals surface area contributed by atoms with E-state index in [9.17, 15) is 13.2 Å². The van der Waals surface area contributed by atoms with Crippen LogP contribution >= 0.6 is 0 Å². The number of hydrogen-bond acceptors (Lipinski definition) is 6. The van der Waals surface area contributed by atoms with Crippen molar-refractivity contribution in [3.63, 3.8) is 0 Å². The van der Waals surface area contributed by atoms with E-state index in [4.69, 9.17) is 9.15 Å². The quantitative estimate of drug-likeness (QED) is 0.692. The number of furan rings is 1. The topological polar surface area (TPSA) is 80.1 Å². The zero-order valence-corrected chi connectivity index (χ0v) is 18.4. The molecule has 2 aromatic rings. The summed E-state index contributed by atoms with van der Waals surface area (Å²) in [5.41, 5.74) is 3.05. The second-order valence-electron chi connectivity index (χ2n) is 7.58. The van der Waals surface area contributed by atoms with Crippen LogP contribution in [0.4, 0.5) is 0 Å². The Balaban J connectivity index is 1.69. The number of esters is 1. The lowest BCUT2D eigenvalue weighted by molar-refractivity contribution is 0.0598. The number of sulfonamides is 1. The molecule has 1 fully saturated rings. The summed E-state index contributed by atoms with van der Waals surface area (Å²) >= 11 is 0. The van der Waals surface area contributed by atoms with Gasteiger partial charge in [-0.15, -0.1) is 0 Å². The number of piperazine rings is 1. The van der Waals surface area contributed by atoms with Gasteiger partial charge in [0.15, 0.2) is 0 Å². The number of carbonyl (C=O) groups excluding carboxylic acids is 1. The molecule has 158 valence electrons. The highest BCUT2D eigenvalue weighted by Gasteiger charge is 2.31. The monoisotopic (exact) mass is 420 g/mol. The molecule has 0 radical (unpaired) electrons. The van der Waals surface area contributed by atoms with Crippen molar-refractivity contribution >= 4 is 16.0 Å². The number of rotatable bonds is 5. The molecule has 1 saturated heterocycles. The molecular weight excluding hydrogens is 392 g/mol. The Hall–Kier alpha value is -2.16. The van der Waals surface area contributed by atoms with Crippen molar-refractivity contribution in [3.05, 3.63) is 52.0 Å². The zero-order chi connectivity index (χ0) is 21.3. The third-order valence-corrected chi connectivity index (χ3v) is 7.49. The minimum Gasteiger partial charge on any atom is -0.465 e. The number of carbonyl (C=O) groups is 1. The molecule has 0 spiro atoms. The van der Waals surface area contributed by atoms with Gasteiger partial charge in [0.05, 0.1) is 18.6 Å². The van der Waals surface area contributed by atoms with Gasteiger partial charge >= 0.3 is 5.97 Å². The minimum atomic E-state index is -3.53. The lowest BCUT2D eigenvalue weighted by atomic mass is 10.1. The summed E-state index contributed by atoms with van der Waals surface area (Å²) in [5.74, 6) is 0.778. The van der Waals surface area contributed by atoms with Gasteiger partial charge in [0, 0.05) is 26.2 Å². The van der Waals surface area contributed by atoms with Gasteiger partial charge in [0.25, 0.3) is 0 Å². The normalized spacial score (nSPS) is 16.2. The molecule has 3 rings (SSSR count). The Morgan fingerprint density at radius 3 is 2.17 bits per heavy atom. The Morgan fingerprint density at radius 1 is 1.03 bits per heavy atom. The smallest absolute Gasteiger partial charge is 0.341 e. The van der Waals surface area contributed by atoms with E-state index < -0.39 is 16.0 Å². The first kappa shape index (κ1) is 21.5. The number of benzene rings is 1. The fraction of sp³-hybridized carbons (Fsp3) is 0.476. The molecule has 1 aliphatic heterocycles. The summed E-state index contributed by atoms with van der Waals surface area (Å²) in [6.45, 7) is 9.94. The van der Waals surface area contributed by atoms with Crippen molar-refractivity contribution in [1.82, 2.24) is 9.21 Å². The Bertz CT molecular complexity index is 995. The van der Waals surface area contributed by atoms with Crippen LogP contribution in [0, 0.1) is 27.7 Å². The summed E-state index contributed by atoms with van der Waals surface area (Å²) < 4.78 is 38.4. The summed E-state index contributed by atoms with van der Waals surface area (Å²) in [4.78, 5) is 14.3. The maximum Gasteiger partial charge on any atom is 0.341 e. The molecule has 0 unspecified atom stereocenters. The van der Waals surface area contributed by atoms with E-state index in [0.29, 0.717) is 54.7 Å². The highest BCUT2D eigenvalue weighted by Crippen LogP contribution is 2.26. The summed E-state index contributed by atoms with van der Waals surface area (Å²) in [7, 11) is -2.19. The van der Waals surface area contributed by atoms with Crippen LogP contribution in [0.2, 0.25) is 0 Å². The van der Waals surface area contributed by atoms with Gasteiger partial charge in [0.1, 0.15) is 17.1 Å². The van der Waals surface area contributed by atoms with Gasteiger partial charge in [-0.25, -0.2) is 13.2 Å². The van der Waals surface area contributed by atoms with Crippen molar-refractivity contribution in [3.8, 4) is 0 Å². The Morgan fingerprint density at radius 2 is 1.62 bits per heavy atom. The molecule has 0 aliphatic carbocycles. The van der Waals surface area contributed by atoms with Crippen LogP contribution in [-0.4, -0.2) is 56.9 Å². The third-order valence-electron chi connectivity index (χ3n) is 5.29. The molecule has 8 heteroatoms. The first-order valence-corrected chi connectivity index (χ1v) is 11.1. The van der Waals surface area contributed by atoms with Crippen molar-refractivity contribution in [2.75, 3.05) is 33.3 Å². The van der Waals surface area contributed by atoms with Gasteiger partial charge in [-0.2, -0.15) is 4.31 Å². The van der Waals surface area contributed by atoms with E-state index in [2.05, 4.69) is 4.90 Å². The summed E-state index contributed by atoms with van der Waals surface area (Å²) in [5, 5.41) is 0. The van der Waals surface area contributed by atoms with Crippen LogP contribution in [0.3, 0.4) is 0 Å². The molecule has 2 heterocycles. The second kappa shape index (κ2) is 8.30. The van der Waals surface area contributed by atoms with E-state index >= 15 is 0 Å². The molecule has 0 N–H and O–H groups in total. The average molecular weight is 421 g/mol. The zero-order valence-electron chi connectivity index (χ0n) is 17.6. The largest absolute Gasteiger partial charge is 0.465 e.